The van der Waals surface area contributed by atoms with Crippen molar-refractivity contribution in [2.75, 3.05) is 26.3 Å². The van der Waals surface area contributed by atoms with Crippen molar-refractivity contribution in [2.45, 2.75) is 206 Å². The fourth-order valence-corrected chi connectivity index (χ4v) is 7.13. The van der Waals surface area contributed by atoms with Crippen molar-refractivity contribution >= 4 is 12.4 Å². The van der Waals surface area contributed by atoms with Gasteiger partial charge in [-0.3, -0.25) is 9.98 Å². The zero-order valence-corrected chi connectivity index (χ0v) is 35.5. The van der Waals surface area contributed by atoms with Gasteiger partial charge in [-0.05, 0) is 49.9 Å². The van der Waals surface area contributed by atoms with E-state index in [-0.39, 0.29) is 0 Å². The Bertz CT molecular complexity index is 1060. The van der Waals surface area contributed by atoms with Gasteiger partial charge >= 0.3 is 0 Å². The van der Waals surface area contributed by atoms with E-state index in [4.69, 9.17) is 19.5 Å². The first-order valence-electron chi connectivity index (χ1n) is 23.3. The molecule has 2 rings (SSSR count). The molecule has 0 bridgehead atoms. The minimum absolute atomic E-state index is 0.786. The molecule has 0 radical (unpaired) electrons. The fraction of sp³-hybridized carbons (Fsp3) is 0.720. The van der Waals surface area contributed by atoms with Gasteiger partial charge in [-0.15, -0.1) is 0 Å². The highest BCUT2D eigenvalue weighted by atomic mass is 16.5. The van der Waals surface area contributed by atoms with Crippen LogP contribution in [0.4, 0.5) is 0 Å². The molecular formula is C50H84N2O2. The van der Waals surface area contributed by atoms with Gasteiger partial charge in [-0.1, -0.05) is 205 Å². The molecule has 306 valence electrons. The molecule has 0 N–H and O–H groups in total. The molecule has 2 aromatic carbocycles. The molecule has 0 saturated heterocycles. The number of hydrogen-bond acceptors (Lipinski definition) is 4. The lowest BCUT2D eigenvalue weighted by Gasteiger charge is -2.09. The maximum atomic E-state index is 6.16. The van der Waals surface area contributed by atoms with E-state index in [1.165, 1.54) is 167 Å². The van der Waals surface area contributed by atoms with Crippen molar-refractivity contribution in [3.05, 3.63) is 59.7 Å². The number of unbranched alkanes of at least 4 members (excludes halogenated alkanes) is 27. The summed E-state index contributed by atoms with van der Waals surface area (Å²) in [7, 11) is 0. The Morgan fingerprint density at radius 1 is 0.352 bits per heavy atom. The fourth-order valence-electron chi connectivity index (χ4n) is 7.13. The predicted octanol–water partition coefficient (Wildman–Crippen LogP) is 15.7. The highest BCUT2D eigenvalue weighted by Gasteiger charge is 2.03. The molecule has 0 heterocycles. The van der Waals surface area contributed by atoms with E-state index in [0.717, 1.165) is 74.6 Å². The van der Waals surface area contributed by atoms with Gasteiger partial charge in [0.15, 0.2) is 0 Å². The molecule has 0 saturated carbocycles. The summed E-state index contributed by atoms with van der Waals surface area (Å²) in [5.74, 6) is 1.90. The van der Waals surface area contributed by atoms with Gasteiger partial charge in [0.05, 0.1) is 13.2 Å². The van der Waals surface area contributed by atoms with E-state index in [9.17, 15) is 0 Å². The van der Waals surface area contributed by atoms with Gasteiger partial charge in [0.25, 0.3) is 0 Å². The third-order valence-electron chi connectivity index (χ3n) is 10.6. The number of ether oxygens (including phenoxy) is 2. The third-order valence-corrected chi connectivity index (χ3v) is 10.6. The zero-order valence-electron chi connectivity index (χ0n) is 35.5. The van der Waals surface area contributed by atoms with Crippen LogP contribution in [0.1, 0.15) is 218 Å². The second kappa shape index (κ2) is 37.3. The van der Waals surface area contributed by atoms with Crippen LogP contribution in [0.15, 0.2) is 58.5 Å². The minimum atomic E-state index is 0.786. The van der Waals surface area contributed by atoms with E-state index in [0.29, 0.717) is 0 Å². The van der Waals surface area contributed by atoms with Crippen LogP contribution < -0.4 is 9.47 Å². The smallest absolute Gasteiger partial charge is 0.128 e. The van der Waals surface area contributed by atoms with Crippen molar-refractivity contribution in [1.29, 1.82) is 0 Å². The lowest BCUT2D eigenvalue weighted by molar-refractivity contribution is 0.303. The summed E-state index contributed by atoms with van der Waals surface area (Å²) in [6.07, 6.45) is 44.5. The average Bonchev–Trinajstić information content (AvgIpc) is 3.19. The number of nitrogens with zero attached hydrogens (tertiary/aromatic N) is 2. The largest absolute Gasteiger partial charge is 0.493 e. The molecule has 0 amide bonds. The van der Waals surface area contributed by atoms with Crippen LogP contribution in [0.3, 0.4) is 0 Å². The highest BCUT2D eigenvalue weighted by molar-refractivity contribution is 5.84. The summed E-state index contributed by atoms with van der Waals surface area (Å²) in [4.78, 5) is 9.41. The van der Waals surface area contributed by atoms with Gasteiger partial charge in [-0.2, -0.15) is 0 Å². The quantitative estimate of drug-likeness (QED) is 0.0505. The molecule has 0 aliphatic heterocycles. The van der Waals surface area contributed by atoms with E-state index in [1.54, 1.807) is 0 Å². The van der Waals surface area contributed by atoms with Crippen LogP contribution in [0, 0.1) is 0 Å². The van der Waals surface area contributed by atoms with Crippen molar-refractivity contribution < 1.29 is 9.47 Å². The normalized spacial score (nSPS) is 11.7. The van der Waals surface area contributed by atoms with Gasteiger partial charge < -0.3 is 9.47 Å². The highest BCUT2D eigenvalue weighted by Crippen LogP contribution is 2.19. The first-order chi connectivity index (χ1) is 26.8. The molecule has 0 unspecified atom stereocenters. The van der Waals surface area contributed by atoms with Crippen LogP contribution >= 0.6 is 0 Å². The minimum Gasteiger partial charge on any atom is -0.493 e. The Balaban J connectivity index is 1.47. The maximum Gasteiger partial charge on any atom is 0.128 e. The van der Waals surface area contributed by atoms with Crippen molar-refractivity contribution in [1.82, 2.24) is 0 Å². The van der Waals surface area contributed by atoms with Crippen LogP contribution in [0.25, 0.3) is 0 Å². The molecule has 4 heteroatoms. The molecule has 0 fully saturated rings. The maximum absolute atomic E-state index is 6.16. The average molecular weight is 745 g/mol. The first-order valence-corrected chi connectivity index (χ1v) is 23.3. The molecular weight excluding hydrogens is 661 g/mol. The van der Waals surface area contributed by atoms with Crippen molar-refractivity contribution in [2.24, 2.45) is 9.98 Å². The van der Waals surface area contributed by atoms with Crippen LogP contribution in [-0.2, 0) is 0 Å². The standard InChI is InChI=1S/C50H84N2O2/c1-3-5-7-9-11-13-15-17-19-21-23-25-27-35-43-53-49-39-31-29-37-47(49)45-51-41-33-34-42-52-46-48-38-30-32-40-50(48)54-44-36-28-26-24-22-20-18-16-14-12-10-8-6-4-2/h29-32,37-40,45-46H,3-28,33-36,41-44H2,1-2H3. The first kappa shape index (κ1) is 47.5. The van der Waals surface area contributed by atoms with Gasteiger partial charge in [0.1, 0.15) is 11.5 Å². The summed E-state index contributed by atoms with van der Waals surface area (Å²) >= 11 is 0. The third kappa shape index (κ3) is 27.9. The molecule has 0 spiro atoms. The summed E-state index contributed by atoms with van der Waals surface area (Å²) < 4.78 is 12.3. The Kier molecular flexibility index (Phi) is 32.8. The second-order valence-corrected chi connectivity index (χ2v) is 15.7. The van der Waals surface area contributed by atoms with Crippen molar-refractivity contribution in [3.8, 4) is 11.5 Å². The topological polar surface area (TPSA) is 43.2 Å². The Morgan fingerprint density at radius 3 is 0.944 bits per heavy atom. The summed E-state index contributed by atoms with van der Waals surface area (Å²) in [5.41, 5.74) is 2.15. The van der Waals surface area contributed by atoms with Crippen LogP contribution in [0.5, 0.6) is 11.5 Å². The molecule has 0 atom stereocenters. The second-order valence-electron chi connectivity index (χ2n) is 15.7. The Morgan fingerprint density at radius 2 is 0.630 bits per heavy atom. The van der Waals surface area contributed by atoms with Gasteiger partial charge in [0, 0.05) is 36.6 Å². The number of hydrogen-bond donors (Lipinski definition) is 0. The monoisotopic (exact) mass is 745 g/mol. The van der Waals surface area contributed by atoms with Crippen LogP contribution in [0.2, 0.25) is 0 Å². The molecule has 4 nitrogen and oxygen atoms in total. The molecule has 0 aliphatic rings. The number of para-hydroxylation sites is 2. The summed E-state index contributed by atoms with van der Waals surface area (Å²) in [5, 5.41) is 0. The number of benzene rings is 2. The lowest BCUT2D eigenvalue weighted by Crippen LogP contribution is -2.00. The van der Waals surface area contributed by atoms with E-state index < -0.39 is 0 Å². The Hall–Kier alpha value is -2.62. The van der Waals surface area contributed by atoms with Gasteiger partial charge in [0.2, 0.25) is 0 Å². The van der Waals surface area contributed by atoms with E-state index in [2.05, 4.69) is 62.4 Å². The molecule has 0 aromatic heterocycles. The predicted molar refractivity (Wildman–Crippen MR) is 239 cm³/mol. The molecule has 0 aliphatic carbocycles. The summed E-state index contributed by atoms with van der Waals surface area (Å²) in [6, 6.07) is 16.6. The number of rotatable bonds is 39. The van der Waals surface area contributed by atoms with Crippen molar-refractivity contribution in [3.63, 3.8) is 0 Å². The lowest BCUT2D eigenvalue weighted by atomic mass is 10.0. The van der Waals surface area contributed by atoms with Crippen LogP contribution in [-0.4, -0.2) is 38.7 Å². The molecule has 54 heavy (non-hydrogen) atoms. The molecule has 2 aromatic rings. The Labute approximate surface area is 334 Å². The SMILES string of the molecule is CCCCCCCCCCCCCCCCOc1ccccc1C=NCCCCN=Cc1ccccc1OCCCCCCCCCCCCCCCC. The number of aliphatic imine (C=N–C) groups is 2. The van der Waals surface area contributed by atoms with E-state index in [1.807, 2.05) is 12.4 Å². The van der Waals surface area contributed by atoms with Gasteiger partial charge in [-0.25, -0.2) is 0 Å². The summed E-state index contributed by atoms with van der Waals surface area (Å²) in [6.45, 7) is 7.77. The zero-order chi connectivity index (χ0) is 38.3. The van der Waals surface area contributed by atoms with E-state index >= 15 is 0 Å².